The number of anilines is 1. The van der Waals surface area contributed by atoms with E-state index >= 15 is 0 Å². The van der Waals surface area contributed by atoms with E-state index in [2.05, 4.69) is 37.9 Å². The van der Waals surface area contributed by atoms with E-state index < -0.39 is 0 Å². The number of hydrogen-bond acceptors (Lipinski definition) is 5. The van der Waals surface area contributed by atoms with Crippen LogP contribution >= 0.6 is 22.6 Å². The van der Waals surface area contributed by atoms with E-state index in [0.29, 0.717) is 13.2 Å². The quantitative estimate of drug-likeness (QED) is 0.796. The Morgan fingerprint density at radius 1 is 1.53 bits per heavy atom. The molecule has 1 N–H and O–H groups in total. The Labute approximate surface area is 103 Å². The summed E-state index contributed by atoms with van der Waals surface area (Å²) in [5, 5.41) is 3.19. The van der Waals surface area contributed by atoms with E-state index in [9.17, 15) is 0 Å². The maximum atomic E-state index is 5.22. The molecular formula is C9H14IN3O2. The van der Waals surface area contributed by atoms with Gasteiger partial charge in [-0.05, 0) is 22.6 Å². The third kappa shape index (κ3) is 4.27. The van der Waals surface area contributed by atoms with Crippen LogP contribution in [0, 0.1) is 3.57 Å². The fraction of sp³-hybridized carbons (Fsp3) is 0.556. The largest absolute Gasteiger partial charge is 0.382 e. The van der Waals surface area contributed by atoms with Crippen LogP contribution in [0.5, 0.6) is 0 Å². The van der Waals surface area contributed by atoms with Crippen LogP contribution in [0.3, 0.4) is 0 Å². The van der Waals surface area contributed by atoms with Crippen LogP contribution < -0.4 is 5.32 Å². The molecule has 1 rings (SSSR count). The van der Waals surface area contributed by atoms with E-state index in [-0.39, 0.29) is 6.10 Å². The summed E-state index contributed by atoms with van der Waals surface area (Å²) in [6.45, 7) is 1.22. The highest BCUT2D eigenvalue weighted by Gasteiger charge is 2.07. The van der Waals surface area contributed by atoms with Gasteiger partial charge in [0.25, 0.3) is 0 Å². The zero-order chi connectivity index (χ0) is 11.1. The molecule has 5 nitrogen and oxygen atoms in total. The number of nitrogens with one attached hydrogen (secondary N) is 1. The van der Waals surface area contributed by atoms with Crippen LogP contribution in [-0.2, 0) is 9.47 Å². The molecule has 0 fully saturated rings. The third-order valence-electron chi connectivity index (χ3n) is 1.85. The van der Waals surface area contributed by atoms with Crippen LogP contribution in [0.4, 0.5) is 5.82 Å². The van der Waals surface area contributed by atoms with Crippen LogP contribution in [0.2, 0.25) is 0 Å². The van der Waals surface area contributed by atoms with Crippen molar-refractivity contribution in [1.82, 2.24) is 9.97 Å². The number of methoxy groups -OCH3 is 2. The topological polar surface area (TPSA) is 56.3 Å². The normalized spacial score (nSPS) is 12.5. The lowest BCUT2D eigenvalue weighted by molar-refractivity contribution is 0.0365. The van der Waals surface area contributed by atoms with E-state index in [1.807, 2.05) is 0 Å². The minimum atomic E-state index is 0.0285. The van der Waals surface area contributed by atoms with Gasteiger partial charge in [-0.3, -0.25) is 0 Å². The van der Waals surface area contributed by atoms with Gasteiger partial charge in [0.05, 0.1) is 16.3 Å². The summed E-state index contributed by atoms with van der Waals surface area (Å²) < 4.78 is 11.2. The van der Waals surface area contributed by atoms with E-state index in [1.165, 1.54) is 6.33 Å². The number of nitrogens with zero attached hydrogens (tertiary/aromatic N) is 2. The molecule has 1 aromatic rings. The highest BCUT2D eigenvalue weighted by Crippen LogP contribution is 2.12. The Morgan fingerprint density at radius 3 is 2.93 bits per heavy atom. The Bertz CT molecular complexity index is 298. The molecular weight excluding hydrogens is 309 g/mol. The first kappa shape index (κ1) is 12.6. The standard InChI is InChI=1S/C9H14IN3O2/c1-14-5-7(15-2)3-12-9-8(10)4-11-6-13-9/h4,6-7H,3,5H2,1-2H3,(H,11,12,13). The molecule has 15 heavy (non-hydrogen) atoms. The average Bonchev–Trinajstić information content (AvgIpc) is 2.26. The summed E-state index contributed by atoms with van der Waals surface area (Å²) >= 11 is 2.18. The Morgan fingerprint density at radius 2 is 2.33 bits per heavy atom. The van der Waals surface area contributed by atoms with Crippen LogP contribution in [0.25, 0.3) is 0 Å². The predicted octanol–water partition coefficient (Wildman–Crippen LogP) is 1.15. The second kappa shape index (κ2) is 6.91. The molecule has 0 bridgehead atoms. The summed E-state index contributed by atoms with van der Waals surface area (Å²) in [5.41, 5.74) is 0. The summed E-state index contributed by atoms with van der Waals surface area (Å²) in [6, 6.07) is 0. The highest BCUT2D eigenvalue weighted by atomic mass is 127. The molecule has 0 amide bonds. The minimum absolute atomic E-state index is 0.0285. The number of ether oxygens (including phenoxy) is 2. The molecule has 0 aliphatic carbocycles. The van der Waals surface area contributed by atoms with Crippen molar-refractivity contribution >= 4 is 28.4 Å². The fourth-order valence-electron chi connectivity index (χ4n) is 1.05. The van der Waals surface area contributed by atoms with Crippen molar-refractivity contribution in [1.29, 1.82) is 0 Å². The van der Waals surface area contributed by atoms with Gasteiger partial charge in [-0.1, -0.05) is 0 Å². The lowest BCUT2D eigenvalue weighted by atomic mass is 10.3. The van der Waals surface area contributed by atoms with Gasteiger partial charge in [-0.2, -0.15) is 0 Å². The maximum absolute atomic E-state index is 5.22. The SMILES string of the molecule is COCC(CNc1ncncc1I)OC. The minimum Gasteiger partial charge on any atom is -0.382 e. The Hall–Kier alpha value is -0.470. The first-order valence-corrected chi connectivity index (χ1v) is 5.57. The zero-order valence-electron chi connectivity index (χ0n) is 8.74. The molecule has 84 valence electrons. The molecule has 1 aromatic heterocycles. The van der Waals surface area contributed by atoms with E-state index in [0.717, 1.165) is 9.39 Å². The zero-order valence-corrected chi connectivity index (χ0v) is 10.9. The molecule has 0 saturated carbocycles. The summed E-state index contributed by atoms with van der Waals surface area (Å²) in [6.07, 6.45) is 3.30. The van der Waals surface area contributed by atoms with Crippen molar-refractivity contribution in [3.05, 3.63) is 16.1 Å². The summed E-state index contributed by atoms with van der Waals surface area (Å²) in [7, 11) is 3.32. The molecule has 0 saturated heterocycles. The Balaban J connectivity index is 2.45. The third-order valence-corrected chi connectivity index (χ3v) is 2.64. The first-order chi connectivity index (χ1) is 7.27. The van der Waals surface area contributed by atoms with Crippen LogP contribution in [0.1, 0.15) is 0 Å². The van der Waals surface area contributed by atoms with Gasteiger partial charge in [-0.25, -0.2) is 9.97 Å². The van der Waals surface area contributed by atoms with Gasteiger partial charge in [-0.15, -0.1) is 0 Å². The molecule has 1 unspecified atom stereocenters. The van der Waals surface area contributed by atoms with Crippen LogP contribution in [-0.4, -0.2) is 43.4 Å². The van der Waals surface area contributed by atoms with Crippen molar-refractivity contribution in [3.63, 3.8) is 0 Å². The molecule has 0 aromatic carbocycles. The van der Waals surface area contributed by atoms with E-state index in [1.54, 1.807) is 20.4 Å². The van der Waals surface area contributed by atoms with Gasteiger partial charge in [0.1, 0.15) is 12.1 Å². The molecule has 0 spiro atoms. The van der Waals surface area contributed by atoms with Crippen molar-refractivity contribution in [2.75, 3.05) is 32.7 Å². The Kier molecular flexibility index (Phi) is 5.81. The van der Waals surface area contributed by atoms with Crippen molar-refractivity contribution in [3.8, 4) is 0 Å². The first-order valence-electron chi connectivity index (χ1n) is 4.49. The molecule has 0 aliphatic heterocycles. The second-order valence-electron chi connectivity index (χ2n) is 2.91. The average molecular weight is 323 g/mol. The number of rotatable bonds is 6. The van der Waals surface area contributed by atoms with Gasteiger partial charge in [0.2, 0.25) is 0 Å². The number of halogens is 1. The molecule has 0 radical (unpaired) electrons. The maximum Gasteiger partial charge on any atom is 0.142 e. The summed E-state index contributed by atoms with van der Waals surface area (Å²) in [5.74, 6) is 0.823. The second-order valence-corrected chi connectivity index (χ2v) is 4.08. The van der Waals surface area contributed by atoms with Gasteiger partial charge in [0.15, 0.2) is 0 Å². The van der Waals surface area contributed by atoms with Gasteiger partial charge >= 0.3 is 0 Å². The van der Waals surface area contributed by atoms with E-state index in [4.69, 9.17) is 9.47 Å². The van der Waals surface area contributed by atoms with Crippen molar-refractivity contribution < 1.29 is 9.47 Å². The molecule has 6 heteroatoms. The number of hydrogen-bond donors (Lipinski definition) is 1. The van der Waals surface area contributed by atoms with Crippen LogP contribution in [0.15, 0.2) is 12.5 Å². The van der Waals surface area contributed by atoms with Gasteiger partial charge < -0.3 is 14.8 Å². The molecule has 1 heterocycles. The predicted molar refractivity (Wildman–Crippen MR) is 65.9 cm³/mol. The monoisotopic (exact) mass is 323 g/mol. The smallest absolute Gasteiger partial charge is 0.142 e. The molecule has 0 aliphatic rings. The highest BCUT2D eigenvalue weighted by molar-refractivity contribution is 14.1. The fourth-order valence-corrected chi connectivity index (χ4v) is 1.54. The van der Waals surface area contributed by atoms with Gasteiger partial charge in [0, 0.05) is 27.0 Å². The molecule has 1 atom stereocenters. The lowest BCUT2D eigenvalue weighted by Crippen LogP contribution is -2.27. The lowest BCUT2D eigenvalue weighted by Gasteiger charge is -2.15. The van der Waals surface area contributed by atoms with Crippen molar-refractivity contribution in [2.45, 2.75) is 6.10 Å². The summed E-state index contributed by atoms with van der Waals surface area (Å²) in [4.78, 5) is 8.03. The van der Waals surface area contributed by atoms with Crippen molar-refractivity contribution in [2.24, 2.45) is 0 Å². The number of aromatic nitrogens is 2.